The van der Waals surface area contributed by atoms with Gasteiger partial charge in [-0.15, -0.1) is 11.3 Å². The van der Waals surface area contributed by atoms with E-state index in [2.05, 4.69) is 26.5 Å². The smallest absolute Gasteiger partial charge is 0.259 e. The summed E-state index contributed by atoms with van der Waals surface area (Å²) in [6.07, 6.45) is 5.27. The summed E-state index contributed by atoms with van der Waals surface area (Å²) in [7, 11) is 8.77. The Bertz CT molecular complexity index is 2170. The number of pyridine rings is 1. The van der Waals surface area contributed by atoms with Gasteiger partial charge in [0.1, 0.15) is 17.5 Å². The van der Waals surface area contributed by atoms with Gasteiger partial charge < -0.3 is 29.2 Å². The van der Waals surface area contributed by atoms with Crippen LogP contribution in [0.1, 0.15) is 56.8 Å². The molecule has 3 fully saturated rings. The van der Waals surface area contributed by atoms with Crippen LogP contribution in [0, 0.1) is 5.41 Å². The number of aromatic nitrogens is 1. The van der Waals surface area contributed by atoms with Crippen molar-refractivity contribution in [3.05, 3.63) is 74.5 Å². The van der Waals surface area contributed by atoms with E-state index in [0.717, 1.165) is 77.9 Å². The fraction of sp³-hybridized carbons (Fsp3) is 0.425. The number of hydrogen-bond acceptors (Lipinski definition) is 11. The minimum Gasteiger partial charge on any atom is -0.496 e. The van der Waals surface area contributed by atoms with Crippen LogP contribution in [0.15, 0.2) is 47.4 Å². The van der Waals surface area contributed by atoms with Gasteiger partial charge in [-0.2, -0.15) is 0 Å². The minimum absolute atomic E-state index is 0.146. The van der Waals surface area contributed by atoms with Crippen molar-refractivity contribution in [2.24, 2.45) is 12.5 Å². The molecule has 1 unspecified atom stereocenters. The maximum absolute atomic E-state index is 13.4. The molecule has 14 heteroatoms. The second-order valence-electron chi connectivity index (χ2n) is 14.7. The first kappa shape index (κ1) is 37.3. The van der Waals surface area contributed by atoms with E-state index >= 15 is 0 Å². The van der Waals surface area contributed by atoms with E-state index in [1.54, 1.807) is 43.0 Å². The monoisotopic (exact) mass is 754 g/mol. The number of fused-ring (bicyclic) bond motifs is 2. The van der Waals surface area contributed by atoms with Crippen LogP contribution in [0.5, 0.6) is 11.5 Å². The lowest BCUT2D eigenvalue weighted by Gasteiger charge is -2.55. The summed E-state index contributed by atoms with van der Waals surface area (Å²) < 4.78 is 14.1. The SMILES string of the molecule is CNC.COc1cc(-c2cn(C)c(=O)c3cc(C=O)sc23)cc(OC)c1CN1CCC2(CC1)CN(c1ccc3c(c1)C(=O)N(C1CCC(=O)NC1=O)C3)C2. The molecular formula is C40H46N6O7S. The highest BCUT2D eigenvalue weighted by Crippen LogP contribution is 2.45. The van der Waals surface area contributed by atoms with Gasteiger partial charge in [-0.1, -0.05) is 6.07 Å². The van der Waals surface area contributed by atoms with Gasteiger partial charge in [-0.05, 0) is 87.9 Å². The number of carbonyl (C=O) groups is 4. The summed E-state index contributed by atoms with van der Waals surface area (Å²) in [4.78, 5) is 68.7. The quantitative estimate of drug-likeness (QED) is 0.202. The van der Waals surface area contributed by atoms with Crippen molar-refractivity contribution >= 4 is 51.1 Å². The third-order valence-corrected chi connectivity index (χ3v) is 12.2. The molecule has 3 saturated heterocycles. The van der Waals surface area contributed by atoms with Gasteiger partial charge in [-0.3, -0.25) is 34.2 Å². The van der Waals surface area contributed by atoms with E-state index in [1.807, 2.05) is 38.4 Å². The topological polar surface area (TPSA) is 143 Å². The summed E-state index contributed by atoms with van der Waals surface area (Å²) in [5.74, 6) is 0.579. The van der Waals surface area contributed by atoms with E-state index in [4.69, 9.17) is 9.47 Å². The fourth-order valence-electron chi connectivity index (χ4n) is 8.24. The van der Waals surface area contributed by atoms with Crippen LogP contribution in [0.3, 0.4) is 0 Å². The predicted octanol–water partition coefficient (Wildman–Crippen LogP) is 3.80. The molecule has 0 radical (unpaired) electrons. The molecule has 13 nitrogen and oxygen atoms in total. The number of likely N-dealkylation sites (tertiary alicyclic amines) is 1. The van der Waals surface area contributed by atoms with Crippen LogP contribution in [0.4, 0.5) is 5.69 Å². The third-order valence-electron chi connectivity index (χ3n) is 11.1. The van der Waals surface area contributed by atoms with Crippen LogP contribution >= 0.6 is 11.3 Å². The lowest BCUT2D eigenvalue weighted by Crippen LogP contribution is -2.60. The number of methoxy groups -OCH3 is 2. The van der Waals surface area contributed by atoms with Crippen molar-refractivity contribution in [3.63, 3.8) is 0 Å². The molecule has 0 bridgehead atoms. The molecule has 4 aliphatic rings. The van der Waals surface area contributed by atoms with E-state index in [0.29, 0.717) is 46.8 Å². The van der Waals surface area contributed by atoms with Gasteiger partial charge in [0.15, 0.2) is 6.29 Å². The zero-order chi connectivity index (χ0) is 38.3. The maximum Gasteiger partial charge on any atom is 0.259 e. The summed E-state index contributed by atoms with van der Waals surface area (Å²) in [6, 6.07) is 11.0. The normalized spacial score (nSPS) is 19.3. The first-order chi connectivity index (χ1) is 26.0. The number of nitrogens with zero attached hydrogens (tertiary/aromatic N) is 4. The molecule has 6 heterocycles. The molecule has 284 valence electrons. The zero-order valence-corrected chi connectivity index (χ0v) is 32.1. The molecular weight excluding hydrogens is 709 g/mol. The number of imide groups is 1. The molecule has 8 rings (SSSR count). The van der Waals surface area contributed by atoms with Crippen LogP contribution < -0.4 is 30.6 Å². The molecule has 0 saturated carbocycles. The second-order valence-corrected chi connectivity index (χ2v) is 15.8. The highest BCUT2D eigenvalue weighted by atomic mass is 32.1. The highest BCUT2D eigenvalue weighted by molar-refractivity contribution is 7.21. The van der Waals surface area contributed by atoms with Crippen molar-refractivity contribution < 1.29 is 28.7 Å². The van der Waals surface area contributed by atoms with Gasteiger partial charge >= 0.3 is 0 Å². The van der Waals surface area contributed by atoms with Crippen LogP contribution in [0.2, 0.25) is 0 Å². The fourth-order valence-corrected chi connectivity index (χ4v) is 9.24. The van der Waals surface area contributed by atoms with Gasteiger partial charge in [0.25, 0.3) is 11.5 Å². The number of ether oxygens (including phenoxy) is 2. The van der Waals surface area contributed by atoms with Gasteiger partial charge in [0, 0.05) is 72.8 Å². The van der Waals surface area contributed by atoms with Crippen LogP contribution in [-0.4, -0.2) is 98.9 Å². The van der Waals surface area contributed by atoms with E-state index in [9.17, 15) is 24.0 Å². The van der Waals surface area contributed by atoms with E-state index < -0.39 is 11.9 Å². The number of rotatable bonds is 8. The molecule has 1 atom stereocenters. The van der Waals surface area contributed by atoms with Gasteiger partial charge in [0.2, 0.25) is 11.8 Å². The molecule has 4 aliphatic heterocycles. The summed E-state index contributed by atoms with van der Waals surface area (Å²) in [6.45, 7) is 4.75. The number of benzene rings is 2. The first-order valence-electron chi connectivity index (χ1n) is 18.2. The van der Waals surface area contributed by atoms with Gasteiger partial charge in [0.05, 0.1) is 30.0 Å². The van der Waals surface area contributed by atoms with E-state index in [-0.39, 0.29) is 29.2 Å². The number of nitrogens with one attached hydrogen (secondary N) is 2. The Morgan fingerprint density at radius 3 is 2.30 bits per heavy atom. The molecule has 1 spiro atoms. The number of anilines is 1. The predicted molar refractivity (Wildman–Crippen MR) is 208 cm³/mol. The van der Waals surface area contributed by atoms with Crippen molar-refractivity contribution in [2.45, 2.75) is 44.8 Å². The van der Waals surface area contributed by atoms with Crippen molar-refractivity contribution in [2.75, 3.05) is 59.4 Å². The average Bonchev–Trinajstić information content (AvgIpc) is 3.74. The largest absolute Gasteiger partial charge is 0.496 e. The zero-order valence-electron chi connectivity index (χ0n) is 31.3. The molecule has 2 aromatic carbocycles. The second kappa shape index (κ2) is 15.0. The van der Waals surface area contributed by atoms with Crippen molar-refractivity contribution in [1.29, 1.82) is 0 Å². The number of aldehydes is 1. The van der Waals surface area contributed by atoms with Gasteiger partial charge in [-0.25, -0.2) is 0 Å². The average molecular weight is 755 g/mol. The molecule has 2 aromatic heterocycles. The Balaban J connectivity index is 0.00000145. The maximum atomic E-state index is 13.4. The number of thiophene rings is 1. The Morgan fingerprint density at radius 2 is 1.67 bits per heavy atom. The lowest BCUT2D eigenvalue weighted by atomic mass is 9.71. The Morgan fingerprint density at radius 1 is 0.981 bits per heavy atom. The Kier molecular flexibility index (Phi) is 10.4. The van der Waals surface area contributed by atoms with Crippen molar-refractivity contribution in [1.82, 2.24) is 25.0 Å². The number of carbonyl (C=O) groups excluding carboxylic acids is 4. The highest BCUT2D eigenvalue weighted by Gasteiger charge is 2.46. The summed E-state index contributed by atoms with van der Waals surface area (Å²) >= 11 is 1.30. The Labute approximate surface area is 317 Å². The summed E-state index contributed by atoms with van der Waals surface area (Å²) in [5, 5.41) is 5.63. The number of aryl methyl sites for hydroxylation is 1. The third kappa shape index (κ3) is 6.78. The number of hydrogen-bond donors (Lipinski definition) is 2. The number of amides is 3. The molecule has 4 aromatic rings. The standard InChI is InChI=1S/C38H39N5O7S.C2H7N/c1-40-17-28(34-27(36(40)47)15-25(19-44)51-34)23-12-31(49-2)29(32(13-23)50-3)18-41-10-8-38(9-11-41)20-42(21-38)24-5-4-22-16-43(37(48)26(22)14-24)30-6-7-33(45)39-35(30)46;1-3-2/h4-5,12-15,17,19,30H,6-11,16,18,20-21H2,1-3H3,(H,39,45,46);3H,1-2H3. The lowest BCUT2D eigenvalue weighted by molar-refractivity contribution is -0.136. The molecule has 0 aliphatic carbocycles. The molecule has 54 heavy (non-hydrogen) atoms. The summed E-state index contributed by atoms with van der Waals surface area (Å²) in [5.41, 5.74) is 5.29. The molecule has 3 amide bonds. The number of piperidine rings is 2. The van der Waals surface area contributed by atoms with Crippen molar-refractivity contribution in [3.8, 4) is 22.6 Å². The molecule has 2 N–H and O–H groups in total. The van der Waals surface area contributed by atoms with E-state index in [1.165, 1.54) is 11.3 Å². The Hall–Kier alpha value is -5.05. The minimum atomic E-state index is -0.614. The first-order valence-corrected chi connectivity index (χ1v) is 19.0. The van der Waals surface area contributed by atoms with Crippen LogP contribution in [-0.2, 0) is 29.7 Å². The van der Waals surface area contributed by atoms with Crippen LogP contribution in [0.25, 0.3) is 21.2 Å².